The lowest BCUT2D eigenvalue weighted by Crippen LogP contribution is -2.35. The molecule has 22 heavy (non-hydrogen) atoms. The lowest BCUT2D eigenvalue weighted by Gasteiger charge is -2.10. The maximum absolute atomic E-state index is 11.8. The summed E-state index contributed by atoms with van der Waals surface area (Å²) in [4.78, 5) is 22.8. The third-order valence-electron chi connectivity index (χ3n) is 2.82. The van der Waals surface area contributed by atoms with E-state index in [2.05, 4.69) is 10.6 Å². The normalized spacial score (nSPS) is 9.50. The Morgan fingerprint density at radius 1 is 1.09 bits per heavy atom. The lowest BCUT2D eigenvalue weighted by atomic mass is 10.1. The highest BCUT2D eigenvalue weighted by Gasteiger charge is 2.08. The minimum Gasteiger partial charge on any atom is -0.493 e. The highest BCUT2D eigenvalue weighted by atomic mass is 16.5. The molecule has 2 amide bonds. The molecule has 0 aliphatic heterocycles. The molecule has 0 heterocycles. The summed E-state index contributed by atoms with van der Waals surface area (Å²) in [6, 6.07) is 7.02. The van der Waals surface area contributed by atoms with Crippen molar-refractivity contribution in [2.24, 2.45) is 0 Å². The van der Waals surface area contributed by atoms with Crippen LogP contribution in [-0.4, -0.2) is 39.1 Å². The van der Waals surface area contributed by atoms with Gasteiger partial charge in [0.1, 0.15) is 6.42 Å². The first-order chi connectivity index (χ1) is 10.6. The molecular weight excluding hydrogens is 286 g/mol. The first kappa shape index (κ1) is 17.3. The second kappa shape index (κ2) is 9.23. The van der Waals surface area contributed by atoms with Crippen LogP contribution in [0, 0.1) is 11.3 Å². The fourth-order valence-electron chi connectivity index (χ4n) is 1.78. The minimum absolute atomic E-state index is 0.165. The first-order valence-corrected chi connectivity index (χ1v) is 6.72. The van der Waals surface area contributed by atoms with Crippen molar-refractivity contribution in [3.8, 4) is 17.6 Å². The molecule has 0 aromatic heterocycles. The summed E-state index contributed by atoms with van der Waals surface area (Å²) in [5, 5.41) is 13.5. The van der Waals surface area contributed by atoms with Gasteiger partial charge in [-0.05, 0) is 17.7 Å². The van der Waals surface area contributed by atoms with Gasteiger partial charge in [-0.3, -0.25) is 9.59 Å². The molecule has 7 nitrogen and oxygen atoms in total. The number of nitriles is 1. The van der Waals surface area contributed by atoms with Crippen LogP contribution in [0.15, 0.2) is 18.2 Å². The van der Waals surface area contributed by atoms with Gasteiger partial charge in [0.2, 0.25) is 11.8 Å². The second-order valence-electron chi connectivity index (χ2n) is 4.40. The summed E-state index contributed by atoms with van der Waals surface area (Å²) in [6.07, 6.45) is 0.0199. The second-order valence-corrected chi connectivity index (χ2v) is 4.40. The number of hydrogen-bond donors (Lipinski definition) is 2. The average Bonchev–Trinajstić information content (AvgIpc) is 2.51. The zero-order chi connectivity index (χ0) is 16.4. The molecule has 0 bridgehead atoms. The van der Waals surface area contributed by atoms with E-state index < -0.39 is 0 Å². The van der Waals surface area contributed by atoms with Gasteiger partial charge in [0.25, 0.3) is 0 Å². The maximum Gasteiger partial charge on any atom is 0.234 e. The van der Waals surface area contributed by atoms with Gasteiger partial charge in [-0.1, -0.05) is 6.07 Å². The molecule has 1 rings (SSSR count). The number of benzene rings is 1. The standard InChI is InChI=1S/C15H19N3O4/c1-21-12-4-3-11(9-13(12)22-2)10-15(20)18-8-7-17-14(19)5-6-16/h3-4,9H,5,7-8,10H2,1-2H3,(H,17,19)(H,18,20). The third-order valence-corrected chi connectivity index (χ3v) is 2.82. The van der Waals surface area contributed by atoms with Crippen LogP contribution in [0.4, 0.5) is 0 Å². The van der Waals surface area contributed by atoms with Crippen LogP contribution in [-0.2, 0) is 16.0 Å². The van der Waals surface area contributed by atoms with Crippen LogP contribution in [0.25, 0.3) is 0 Å². The Kier molecular flexibility index (Phi) is 7.26. The number of ether oxygens (including phenoxy) is 2. The van der Waals surface area contributed by atoms with Crippen LogP contribution in [0.5, 0.6) is 11.5 Å². The van der Waals surface area contributed by atoms with Crippen LogP contribution in [0.1, 0.15) is 12.0 Å². The Labute approximate surface area is 129 Å². The number of carbonyl (C=O) groups excluding carboxylic acids is 2. The Bertz CT molecular complexity index is 566. The first-order valence-electron chi connectivity index (χ1n) is 6.72. The van der Waals surface area contributed by atoms with Gasteiger partial charge in [0.05, 0.1) is 26.7 Å². The van der Waals surface area contributed by atoms with E-state index in [1.165, 1.54) is 7.11 Å². The van der Waals surface area contributed by atoms with Crippen molar-refractivity contribution in [3.63, 3.8) is 0 Å². The summed E-state index contributed by atoms with van der Waals surface area (Å²) in [6.45, 7) is 0.599. The number of rotatable bonds is 8. The summed E-state index contributed by atoms with van der Waals surface area (Å²) in [5.41, 5.74) is 0.795. The van der Waals surface area contributed by atoms with Crippen LogP contribution >= 0.6 is 0 Å². The van der Waals surface area contributed by atoms with Crippen LogP contribution in [0.3, 0.4) is 0 Å². The van der Waals surface area contributed by atoms with Gasteiger partial charge in [-0.15, -0.1) is 0 Å². The molecule has 0 saturated heterocycles. The summed E-state index contributed by atoms with van der Waals surface area (Å²) >= 11 is 0. The highest BCUT2D eigenvalue weighted by molar-refractivity contribution is 5.79. The van der Waals surface area contributed by atoms with E-state index in [-0.39, 0.29) is 31.2 Å². The van der Waals surface area contributed by atoms with E-state index in [1.807, 2.05) is 0 Å². The molecule has 1 aromatic carbocycles. The minimum atomic E-state index is -0.350. The van der Waals surface area contributed by atoms with Crippen molar-refractivity contribution in [2.75, 3.05) is 27.3 Å². The Morgan fingerprint density at radius 3 is 2.32 bits per heavy atom. The van der Waals surface area contributed by atoms with Crippen molar-refractivity contribution in [1.29, 1.82) is 5.26 Å². The zero-order valence-corrected chi connectivity index (χ0v) is 12.6. The molecule has 0 radical (unpaired) electrons. The largest absolute Gasteiger partial charge is 0.493 e. The van der Waals surface area contributed by atoms with Gasteiger partial charge in [0.15, 0.2) is 11.5 Å². The highest BCUT2D eigenvalue weighted by Crippen LogP contribution is 2.27. The molecule has 0 aliphatic carbocycles. The van der Waals surface area contributed by atoms with Gasteiger partial charge in [0, 0.05) is 13.1 Å². The molecule has 0 spiro atoms. The molecular formula is C15H19N3O4. The summed E-state index contributed by atoms with van der Waals surface area (Å²) in [7, 11) is 3.08. The average molecular weight is 305 g/mol. The summed E-state index contributed by atoms with van der Waals surface area (Å²) < 4.78 is 10.3. The lowest BCUT2D eigenvalue weighted by molar-refractivity contribution is -0.122. The molecule has 0 fully saturated rings. The molecule has 1 aromatic rings. The molecule has 0 aliphatic rings. The predicted octanol–water partition coefficient (Wildman–Crippen LogP) is 0.392. The van der Waals surface area contributed by atoms with Crippen LogP contribution in [0.2, 0.25) is 0 Å². The number of hydrogen-bond acceptors (Lipinski definition) is 5. The number of carbonyl (C=O) groups is 2. The SMILES string of the molecule is COc1ccc(CC(=O)NCCNC(=O)CC#N)cc1OC. The number of nitrogens with one attached hydrogen (secondary N) is 2. The van der Waals surface area contributed by atoms with Crippen molar-refractivity contribution >= 4 is 11.8 Å². The topological polar surface area (TPSA) is 100 Å². The number of nitrogens with zero attached hydrogens (tertiary/aromatic N) is 1. The number of methoxy groups -OCH3 is 2. The molecule has 118 valence electrons. The van der Waals surface area contributed by atoms with Gasteiger partial charge < -0.3 is 20.1 Å². The molecule has 2 N–H and O–H groups in total. The van der Waals surface area contributed by atoms with Gasteiger partial charge >= 0.3 is 0 Å². The van der Waals surface area contributed by atoms with E-state index in [0.717, 1.165) is 5.56 Å². The monoisotopic (exact) mass is 305 g/mol. The molecule has 0 saturated carbocycles. The van der Waals surface area contributed by atoms with E-state index in [0.29, 0.717) is 18.0 Å². The van der Waals surface area contributed by atoms with Crippen molar-refractivity contribution in [2.45, 2.75) is 12.8 Å². The third kappa shape index (κ3) is 5.71. The Hall–Kier alpha value is -2.75. The smallest absolute Gasteiger partial charge is 0.234 e. The van der Waals surface area contributed by atoms with Gasteiger partial charge in [-0.2, -0.15) is 5.26 Å². The van der Waals surface area contributed by atoms with E-state index in [9.17, 15) is 9.59 Å². The van der Waals surface area contributed by atoms with Gasteiger partial charge in [-0.25, -0.2) is 0 Å². The Morgan fingerprint density at radius 2 is 1.73 bits per heavy atom. The molecule has 0 atom stereocenters. The number of amides is 2. The fraction of sp³-hybridized carbons (Fsp3) is 0.400. The zero-order valence-electron chi connectivity index (χ0n) is 12.6. The quantitative estimate of drug-likeness (QED) is 0.677. The fourth-order valence-corrected chi connectivity index (χ4v) is 1.78. The van der Waals surface area contributed by atoms with Crippen molar-refractivity contribution < 1.29 is 19.1 Å². The Balaban J connectivity index is 2.39. The predicted molar refractivity (Wildman–Crippen MR) is 79.5 cm³/mol. The van der Waals surface area contributed by atoms with Crippen molar-refractivity contribution in [1.82, 2.24) is 10.6 Å². The molecule has 0 unspecified atom stereocenters. The van der Waals surface area contributed by atoms with E-state index in [4.69, 9.17) is 14.7 Å². The maximum atomic E-state index is 11.8. The summed E-state index contributed by atoms with van der Waals surface area (Å²) in [5.74, 6) is 0.654. The van der Waals surface area contributed by atoms with Crippen molar-refractivity contribution in [3.05, 3.63) is 23.8 Å². The van der Waals surface area contributed by atoms with E-state index >= 15 is 0 Å². The molecule has 7 heteroatoms. The van der Waals surface area contributed by atoms with Crippen LogP contribution < -0.4 is 20.1 Å². The van der Waals surface area contributed by atoms with E-state index in [1.54, 1.807) is 31.4 Å².